The third-order valence-electron chi connectivity index (χ3n) is 4.88. The standard InChI is InChI=1S/C15H26N2O4/c1-10(2)11-4-6-16(7-5-11)15(20)17-9-12(21-3)8-13(17)14(18)19/h10-13H,4-9H2,1-3H3,(H,18,19). The lowest BCUT2D eigenvalue weighted by Crippen LogP contribution is -2.50. The summed E-state index contributed by atoms with van der Waals surface area (Å²) in [4.78, 5) is 27.2. The summed E-state index contributed by atoms with van der Waals surface area (Å²) in [5, 5.41) is 9.29. The van der Waals surface area contributed by atoms with E-state index in [0.29, 0.717) is 24.8 Å². The van der Waals surface area contributed by atoms with Gasteiger partial charge in [0, 0.05) is 33.2 Å². The Kier molecular flexibility index (Phi) is 5.08. The molecule has 0 aromatic rings. The summed E-state index contributed by atoms with van der Waals surface area (Å²) in [5.41, 5.74) is 0. The number of likely N-dealkylation sites (tertiary alicyclic amines) is 2. The van der Waals surface area contributed by atoms with Gasteiger partial charge in [-0.1, -0.05) is 13.8 Å². The average molecular weight is 298 g/mol. The fraction of sp³-hybridized carbons (Fsp3) is 0.867. The van der Waals surface area contributed by atoms with Gasteiger partial charge in [0.05, 0.1) is 6.10 Å². The third kappa shape index (κ3) is 3.48. The quantitative estimate of drug-likeness (QED) is 0.860. The number of piperidine rings is 1. The second-order valence-electron chi connectivity index (χ2n) is 6.45. The molecule has 2 saturated heterocycles. The highest BCUT2D eigenvalue weighted by atomic mass is 16.5. The number of hydrogen-bond donors (Lipinski definition) is 1. The number of hydrogen-bond acceptors (Lipinski definition) is 3. The summed E-state index contributed by atoms with van der Waals surface area (Å²) in [6.07, 6.45) is 2.20. The molecule has 2 aliphatic heterocycles. The van der Waals surface area contributed by atoms with Gasteiger partial charge in [0.25, 0.3) is 0 Å². The van der Waals surface area contributed by atoms with Crippen LogP contribution in [0.2, 0.25) is 0 Å². The van der Waals surface area contributed by atoms with Gasteiger partial charge in [-0.15, -0.1) is 0 Å². The largest absolute Gasteiger partial charge is 0.480 e. The summed E-state index contributed by atoms with van der Waals surface area (Å²) in [6.45, 7) is 6.25. The lowest BCUT2D eigenvalue weighted by molar-refractivity contribution is -0.141. The fourth-order valence-corrected chi connectivity index (χ4v) is 3.35. The SMILES string of the molecule is COC1CC(C(=O)O)N(C(=O)N2CCC(C(C)C)CC2)C1. The van der Waals surface area contributed by atoms with Crippen molar-refractivity contribution in [2.45, 2.75) is 45.3 Å². The monoisotopic (exact) mass is 298 g/mol. The fourth-order valence-electron chi connectivity index (χ4n) is 3.35. The van der Waals surface area contributed by atoms with Crippen LogP contribution in [0.3, 0.4) is 0 Å². The maximum atomic E-state index is 12.6. The molecule has 2 fully saturated rings. The van der Waals surface area contributed by atoms with Crippen LogP contribution in [0.4, 0.5) is 4.79 Å². The number of nitrogens with zero attached hydrogens (tertiary/aromatic N) is 2. The molecule has 120 valence electrons. The second-order valence-corrected chi connectivity index (χ2v) is 6.45. The predicted molar refractivity (Wildman–Crippen MR) is 78.1 cm³/mol. The van der Waals surface area contributed by atoms with Crippen LogP contribution in [-0.4, -0.2) is 65.8 Å². The van der Waals surface area contributed by atoms with E-state index in [9.17, 15) is 14.7 Å². The van der Waals surface area contributed by atoms with Crippen molar-refractivity contribution in [2.75, 3.05) is 26.7 Å². The molecular weight excluding hydrogens is 272 g/mol. The highest BCUT2D eigenvalue weighted by Gasteiger charge is 2.42. The molecule has 0 aliphatic carbocycles. The molecule has 0 saturated carbocycles. The molecule has 2 heterocycles. The Hall–Kier alpha value is -1.30. The van der Waals surface area contributed by atoms with E-state index in [2.05, 4.69) is 13.8 Å². The second kappa shape index (κ2) is 6.64. The highest BCUT2D eigenvalue weighted by molar-refractivity contribution is 5.83. The molecule has 0 aromatic carbocycles. The van der Waals surface area contributed by atoms with E-state index >= 15 is 0 Å². The summed E-state index contributed by atoms with van der Waals surface area (Å²) >= 11 is 0. The lowest BCUT2D eigenvalue weighted by atomic mass is 9.87. The van der Waals surface area contributed by atoms with Gasteiger partial charge in [-0.25, -0.2) is 9.59 Å². The van der Waals surface area contributed by atoms with Crippen LogP contribution in [0.1, 0.15) is 33.1 Å². The molecule has 2 aliphatic rings. The zero-order chi connectivity index (χ0) is 15.6. The van der Waals surface area contributed by atoms with Crippen LogP contribution in [0.5, 0.6) is 0 Å². The molecule has 2 atom stereocenters. The van der Waals surface area contributed by atoms with E-state index < -0.39 is 12.0 Å². The van der Waals surface area contributed by atoms with Crippen molar-refractivity contribution in [3.8, 4) is 0 Å². The van der Waals surface area contributed by atoms with E-state index in [4.69, 9.17) is 4.74 Å². The van der Waals surface area contributed by atoms with Crippen LogP contribution in [0.15, 0.2) is 0 Å². The predicted octanol–water partition coefficient (Wildman–Crippen LogP) is 1.65. The Bertz CT molecular complexity index is 391. The van der Waals surface area contributed by atoms with Crippen LogP contribution in [-0.2, 0) is 9.53 Å². The molecule has 2 amide bonds. The Morgan fingerprint density at radius 2 is 1.86 bits per heavy atom. The Morgan fingerprint density at radius 3 is 2.33 bits per heavy atom. The number of carboxylic acids is 1. The van der Waals surface area contributed by atoms with Crippen LogP contribution in [0, 0.1) is 11.8 Å². The van der Waals surface area contributed by atoms with Gasteiger partial charge in [-0.3, -0.25) is 0 Å². The number of carbonyl (C=O) groups excluding carboxylic acids is 1. The number of carbonyl (C=O) groups is 2. The molecule has 1 N–H and O–H groups in total. The van der Waals surface area contributed by atoms with Crippen molar-refractivity contribution < 1.29 is 19.4 Å². The molecule has 6 nitrogen and oxygen atoms in total. The first kappa shape index (κ1) is 16.1. The Morgan fingerprint density at radius 1 is 1.24 bits per heavy atom. The number of rotatable bonds is 3. The number of methoxy groups -OCH3 is 1. The maximum Gasteiger partial charge on any atom is 0.326 e. The van der Waals surface area contributed by atoms with Gasteiger partial charge in [0.2, 0.25) is 0 Å². The lowest BCUT2D eigenvalue weighted by Gasteiger charge is -2.36. The van der Waals surface area contributed by atoms with Crippen molar-refractivity contribution in [3.05, 3.63) is 0 Å². The zero-order valence-electron chi connectivity index (χ0n) is 13.1. The first-order valence-electron chi connectivity index (χ1n) is 7.75. The molecule has 0 bridgehead atoms. The molecule has 21 heavy (non-hydrogen) atoms. The van der Waals surface area contributed by atoms with Gasteiger partial charge >= 0.3 is 12.0 Å². The number of aliphatic carboxylic acids is 1. The van der Waals surface area contributed by atoms with Gasteiger partial charge in [0.15, 0.2) is 0 Å². The molecule has 2 rings (SSSR count). The van der Waals surface area contributed by atoms with Crippen molar-refractivity contribution in [1.29, 1.82) is 0 Å². The Balaban J connectivity index is 1.97. The van der Waals surface area contributed by atoms with Crippen LogP contribution in [0.25, 0.3) is 0 Å². The summed E-state index contributed by atoms with van der Waals surface area (Å²) in [5.74, 6) is 0.355. The van der Waals surface area contributed by atoms with Gasteiger partial charge in [-0.05, 0) is 24.7 Å². The molecule has 2 unspecified atom stereocenters. The minimum absolute atomic E-state index is 0.149. The third-order valence-corrected chi connectivity index (χ3v) is 4.88. The summed E-state index contributed by atoms with van der Waals surface area (Å²) < 4.78 is 5.23. The maximum absolute atomic E-state index is 12.6. The minimum Gasteiger partial charge on any atom is -0.480 e. The van der Waals surface area contributed by atoms with Crippen molar-refractivity contribution in [3.63, 3.8) is 0 Å². The van der Waals surface area contributed by atoms with E-state index in [-0.39, 0.29) is 12.1 Å². The number of carboxylic acid groups (broad SMARTS) is 1. The number of ether oxygens (including phenoxy) is 1. The van der Waals surface area contributed by atoms with Crippen molar-refractivity contribution >= 4 is 12.0 Å². The molecule has 0 radical (unpaired) electrons. The van der Waals surface area contributed by atoms with E-state index in [0.717, 1.165) is 25.9 Å². The van der Waals surface area contributed by atoms with Crippen molar-refractivity contribution in [1.82, 2.24) is 9.80 Å². The molecule has 0 aromatic heterocycles. The zero-order valence-corrected chi connectivity index (χ0v) is 13.1. The molecule has 0 spiro atoms. The normalized spacial score (nSPS) is 27.4. The van der Waals surface area contributed by atoms with Crippen LogP contribution >= 0.6 is 0 Å². The van der Waals surface area contributed by atoms with E-state index in [1.807, 2.05) is 0 Å². The smallest absolute Gasteiger partial charge is 0.326 e. The van der Waals surface area contributed by atoms with Crippen molar-refractivity contribution in [2.24, 2.45) is 11.8 Å². The van der Waals surface area contributed by atoms with Crippen LogP contribution < -0.4 is 0 Å². The number of urea groups is 1. The van der Waals surface area contributed by atoms with E-state index in [1.54, 1.807) is 12.0 Å². The van der Waals surface area contributed by atoms with Gasteiger partial charge in [-0.2, -0.15) is 0 Å². The Labute approximate surface area is 126 Å². The minimum atomic E-state index is -0.944. The van der Waals surface area contributed by atoms with Gasteiger partial charge in [0.1, 0.15) is 6.04 Å². The number of amides is 2. The first-order chi connectivity index (χ1) is 9.93. The summed E-state index contributed by atoms with van der Waals surface area (Å²) in [6, 6.07) is -0.908. The highest BCUT2D eigenvalue weighted by Crippen LogP contribution is 2.27. The van der Waals surface area contributed by atoms with E-state index in [1.165, 1.54) is 4.90 Å². The topological polar surface area (TPSA) is 70.1 Å². The molecule has 6 heteroatoms. The first-order valence-corrected chi connectivity index (χ1v) is 7.75. The molecular formula is C15H26N2O4. The van der Waals surface area contributed by atoms with Gasteiger partial charge < -0.3 is 19.6 Å². The summed E-state index contributed by atoms with van der Waals surface area (Å²) in [7, 11) is 1.56. The average Bonchev–Trinajstić information content (AvgIpc) is 2.91.